The quantitative estimate of drug-likeness (QED) is 0.722. The zero-order valence-corrected chi connectivity index (χ0v) is 11.3. The Bertz CT molecular complexity index is 207. The van der Waals surface area contributed by atoms with Crippen LogP contribution in [0.2, 0.25) is 0 Å². The van der Waals surface area contributed by atoms with Crippen molar-refractivity contribution in [3.8, 4) is 0 Å². The van der Waals surface area contributed by atoms with Gasteiger partial charge in [0.05, 0.1) is 12.2 Å². The molecule has 0 radical (unpaired) electrons. The first-order valence-corrected chi connectivity index (χ1v) is 6.85. The predicted molar refractivity (Wildman–Crippen MR) is 60.6 cm³/mol. The number of hydrogen-bond donors (Lipinski definition) is 1. The lowest BCUT2D eigenvalue weighted by molar-refractivity contribution is 0.0549. The smallest absolute Gasteiger partial charge is 0.302 e. The summed E-state index contributed by atoms with van der Waals surface area (Å²) in [5.41, 5.74) is 0. The van der Waals surface area contributed by atoms with E-state index in [-0.39, 0.29) is 24.0 Å². The van der Waals surface area contributed by atoms with Gasteiger partial charge in [-0.05, 0) is 25.7 Å². The number of hydrogen-bond acceptors (Lipinski definition) is 3. The zero-order chi connectivity index (χ0) is 12.2. The van der Waals surface area contributed by atoms with E-state index in [0.717, 1.165) is 0 Å². The molecule has 15 heavy (non-hydrogen) atoms. The Hall–Kier alpha value is 0.110. The summed E-state index contributed by atoms with van der Waals surface area (Å²) in [7, 11) is -3.91. The highest BCUT2D eigenvalue weighted by Crippen LogP contribution is 2.47. The fourth-order valence-electron chi connectivity index (χ4n) is 0.689. The first-order valence-electron chi connectivity index (χ1n) is 5.35. The molecule has 0 aromatic rings. The second-order valence-electron chi connectivity index (χ2n) is 4.58. The normalized spacial score (nSPS) is 20.3. The van der Waals surface area contributed by atoms with Crippen LogP contribution in [-0.2, 0) is 13.6 Å². The summed E-state index contributed by atoms with van der Waals surface area (Å²) in [6.07, 6.45) is -0.583. The Morgan fingerprint density at radius 2 is 1.13 bits per heavy atom. The second kappa shape index (κ2) is 6.00. The largest absolute Gasteiger partial charge is 0.472 e. The average molecular weight is 238 g/mol. The molecule has 1 N–H and O–H groups in total. The van der Waals surface area contributed by atoms with Gasteiger partial charge >= 0.3 is 7.82 Å². The Morgan fingerprint density at radius 3 is 1.33 bits per heavy atom. The molecule has 0 aliphatic heterocycles. The van der Waals surface area contributed by atoms with E-state index in [0.29, 0.717) is 0 Å². The average Bonchev–Trinajstić information content (AvgIpc) is 2.01. The second-order valence-corrected chi connectivity index (χ2v) is 5.94. The lowest BCUT2D eigenvalue weighted by Gasteiger charge is -2.24. The summed E-state index contributed by atoms with van der Waals surface area (Å²) in [4.78, 5) is 9.46. The Balaban J connectivity index is 4.25. The highest BCUT2D eigenvalue weighted by atomic mass is 31.2. The summed E-state index contributed by atoms with van der Waals surface area (Å²) in [5.74, 6) is 0.367. The van der Waals surface area contributed by atoms with Crippen molar-refractivity contribution >= 4 is 7.82 Å². The van der Waals surface area contributed by atoms with Gasteiger partial charge in [-0.2, -0.15) is 0 Å². The van der Waals surface area contributed by atoms with Crippen molar-refractivity contribution in [2.75, 3.05) is 0 Å². The van der Waals surface area contributed by atoms with Crippen molar-refractivity contribution < 1.29 is 18.5 Å². The van der Waals surface area contributed by atoms with Crippen LogP contribution in [0, 0.1) is 11.8 Å². The van der Waals surface area contributed by atoms with Crippen LogP contribution in [0.1, 0.15) is 41.5 Å². The molecule has 0 aromatic heterocycles. The monoisotopic (exact) mass is 238 g/mol. The maximum absolute atomic E-state index is 11.6. The first kappa shape index (κ1) is 15.1. The molecule has 0 spiro atoms. The van der Waals surface area contributed by atoms with Crippen LogP contribution in [-0.4, -0.2) is 17.1 Å². The molecular formula is C10H23O4P. The van der Waals surface area contributed by atoms with Crippen LogP contribution >= 0.6 is 7.82 Å². The van der Waals surface area contributed by atoms with Crippen molar-refractivity contribution in [2.45, 2.75) is 53.8 Å². The fraction of sp³-hybridized carbons (Fsp3) is 1.00. The zero-order valence-electron chi connectivity index (χ0n) is 10.4. The molecule has 5 heteroatoms. The molecule has 0 rings (SSSR count). The first-order chi connectivity index (χ1) is 6.65. The molecule has 0 bridgehead atoms. The lowest BCUT2D eigenvalue weighted by atomic mass is 10.1. The van der Waals surface area contributed by atoms with Gasteiger partial charge in [-0.3, -0.25) is 9.05 Å². The van der Waals surface area contributed by atoms with Gasteiger partial charge in [-0.25, -0.2) is 4.57 Å². The molecule has 0 amide bonds. The van der Waals surface area contributed by atoms with Crippen LogP contribution < -0.4 is 0 Å². The highest BCUT2D eigenvalue weighted by molar-refractivity contribution is 7.47. The van der Waals surface area contributed by atoms with E-state index in [4.69, 9.17) is 9.05 Å². The SMILES string of the molecule is CC(C)C(C)OP(=O)(O)OC(C)C(C)C. The molecule has 4 nitrogen and oxygen atoms in total. The summed E-state index contributed by atoms with van der Waals surface area (Å²) >= 11 is 0. The Kier molecular flexibility index (Phi) is 6.04. The third-order valence-corrected chi connectivity index (χ3v) is 3.67. The Morgan fingerprint density at radius 1 is 0.867 bits per heavy atom. The van der Waals surface area contributed by atoms with Gasteiger partial charge in [0.1, 0.15) is 0 Å². The van der Waals surface area contributed by atoms with Gasteiger partial charge < -0.3 is 4.89 Å². The van der Waals surface area contributed by atoms with Gasteiger partial charge in [0.25, 0.3) is 0 Å². The molecule has 2 unspecified atom stereocenters. The van der Waals surface area contributed by atoms with Gasteiger partial charge in [0, 0.05) is 0 Å². The minimum absolute atomic E-state index is 0.184. The molecule has 0 saturated heterocycles. The summed E-state index contributed by atoms with van der Waals surface area (Å²) in [5, 5.41) is 0. The van der Waals surface area contributed by atoms with E-state index in [1.807, 2.05) is 27.7 Å². The van der Waals surface area contributed by atoms with Crippen molar-refractivity contribution in [3.05, 3.63) is 0 Å². The van der Waals surface area contributed by atoms with Crippen molar-refractivity contribution in [3.63, 3.8) is 0 Å². The molecule has 0 saturated carbocycles. The van der Waals surface area contributed by atoms with Crippen molar-refractivity contribution in [1.29, 1.82) is 0 Å². The molecule has 0 fully saturated rings. The highest BCUT2D eigenvalue weighted by Gasteiger charge is 2.29. The summed E-state index contributed by atoms with van der Waals surface area (Å²) < 4.78 is 21.6. The molecule has 0 aliphatic carbocycles. The van der Waals surface area contributed by atoms with Crippen LogP contribution in [0.25, 0.3) is 0 Å². The van der Waals surface area contributed by atoms with E-state index in [9.17, 15) is 9.46 Å². The third kappa shape index (κ3) is 6.31. The third-order valence-electron chi connectivity index (χ3n) is 2.48. The van der Waals surface area contributed by atoms with E-state index in [1.54, 1.807) is 13.8 Å². The molecule has 0 heterocycles. The van der Waals surface area contributed by atoms with Gasteiger partial charge in [0.2, 0.25) is 0 Å². The molecular weight excluding hydrogens is 215 g/mol. The number of phosphoric ester groups is 1. The minimum atomic E-state index is -3.91. The van der Waals surface area contributed by atoms with E-state index in [1.165, 1.54) is 0 Å². The van der Waals surface area contributed by atoms with Crippen LogP contribution in [0.4, 0.5) is 0 Å². The van der Waals surface area contributed by atoms with Crippen molar-refractivity contribution in [1.82, 2.24) is 0 Å². The van der Waals surface area contributed by atoms with Crippen molar-refractivity contribution in [2.24, 2.45) is 11.8 Å². The van der Waals surface area contributed by atoms with Gasteiger partial charge in [-0.15, -0.1) is 0 Å². The van der Waals surface area contributed by atoms with E-state index in [2.05, 4.69) is 0 Å². The minimum Gasteiger partial charge on any atom is -0.302 e. The van der Waals surface area contributed by atoms with Crippen LogP contribution in [0.15, 0.2) is 0 Å². The van der Waals surface area contributed by atoms with Crippen LogP contribution in [0.5, 0.6) is 0 Å². The predicted octanol–water partition coefficient (Wildman–Crippen LogP) is 3.21. The number of rotatable bonds is 6. The van der Waals surface area contributed by atoms with Crippen LogP contribution in [0.3, 0.4) is 0 Å². The number of phosphoric acid groups is 1. The molecule has 92 valence electrons. The Labute approximate surface area is 92.6 Å². The lowest BCUT2D eigenvalue weighted by Crippen LogP contribution is -2.19. The molecule has 0 aliphatic rings. The molecule has 0 aromatic carbocycles. The van der Waals surface area contributed by atoms with E-state index >= 15 is 0 Å². The molecule has 2 atom stereocenters. The summed E-state index contributed by atoms with van der Waals surface area (Å²) in [6.45, 7) is 11.2. The standard InChI is InChI=1S/C10H23O4P/c1-7(2)9(5)13-15(11,12)14-10(6)8(3)4/h7-10H,1-6H3,(H,11,12). The van der Waals surface area contributed by atoms with E-state index < -0.39 is 7.82 Å². The van der Waals surface area contributed by atoms with Gasteiger partial charge in [0.15, 0.2) is 0 Å². The maximum Gasteiger partial charge on any atom is 0.472 e. The fourth-order valence-corrected chi connectivity index (χ4v) is 2.07. The topological polar surface area (TPSA) is 55.8 Å². The van der Waals surface area contributed by atoms with Gasteiger partial charge in [-0.1, -0.05) is 27.7 Å². The summed E-state index contributed by atoms with van der Waals surface area (Å²) in [6, 6.07) is 0. The maximum atomic E-state index is 11.6.